The number of hydrogen-bond donors (Lipinski definition) is 3. The molecular weight excluding hydrogens is 288 g/mol. The Morgan fingerprint density at radius 2 is 2.05 bits per heavy atom. The lowest BCUT2D eigenvalue weighted by Crippen LogP contribution is -2.26. The zero-order chi connectivity index (χ0) is 15.3. The van der Waals surface area contributed by atoms with Crippen molar-refractivity contribution in [1.29, 1.82) is 0 Å². The second kappa shape index (κ2) is 7.11. The molecule has 0 bridgehead atoms. The van der Waals surface area contributed by atoms with Gasteiger partial charge in [0.05, 0.1) is 5.69 Å². The van der Waals surface area contributed by atoms with Gasteiger partial charge in [-0.15, -0.1) is 0 Å². The van der Waals surface area contributed by atoms with E-state index in [1.165, 1.54) is 6.42 Å². The summed E-state index contributed by atoms with van der Waals surface area (Å²) >= 11 is 0. The van der Waals surface area contributed by atoms with Crippen molar-refractivity contribution < 1.29 is 8.42 Å². The summed E-state index contributed by atoms with van der Waals surface area (Å²) in [5.41, 5.74) is 1.39. The summed E-state index contributed by atoms with van der Waals surface area (Å²) in [6.07, 6.45) is 3.41. The number of likely N-dealkylation sites (tertiary alicyclic amines) is 1. The van der Waals surface area contributed by atoms with Crippen molar-refractivity contribution in [2.45, 2.75) is 32.2 Å². The predicted molar refractivity (Wildman–Crippen MR) is 86.5 cm³/mol. The highest BCUT2D eigenvalue weighted by atomic mass is 32.2. The maximum absolute atomic E-state index is 11.1. The third kappa shape index (κ3) is 5.53. The number of hydrogen-bond acceptors (Lipinski definition) is 4. The lowest BCUT2D eigenvalue weighted by molar-refractivity contribution is 0.300. The number of nitrogens with one attached hydrogen (secondary N) is 2. The van der Waals surface area contributed by atoms with Crippen LogP contribution in [0, 0.1) is 0 Å². The molecule has 118 valence electrons. The van der Waals surface area contributed by atoms with Crippen molar-refractivity contribution in [3.8, 4) is 0 Å². The minimum Gasteiger partial charge on any atom is -0.382 e. The molecule has 1 aliphatic heterocycles. The summed E-state index contributed by atoms with van der Waals surface area (Å²) in [6.45, 7) is 5.54. The zero-order valence-corrected chi connectivity index (χ0v) is 13.2. The fourth-order valence-corrected chi connectivity index (χ4v) is 3.14. The van der Waals surface area contributed by atoms with E-state index in [9.17, 15) is 8.42 Å². The van der Waals surface area contributed by atoms with E-state index in [1.54, 1.807) is 12.1 Å². The van der Waals surface area contributed by atoms with Gasteiger partial charge in [0.1, 0.15) is 0 Å². The molecule has 1 heterocycles. The van der Waals surface area contributed by atoms with Crippen LogP contribution >= 0.6 is 0 Å². The van der Waals surface area contributed by atoms with Gasteiger partial charge in [0.15, 0.2) is 0 Å². The van der Waals surface area contributed by atoms with Crippen LogP contribution in [0.3, 0.4) is 0 Å². The molecule has 1 aromatic carbocycles. The molecular formula is C14H24N4O2S. The minimum absolute atomic E-state index is 0.422. The second-order valence-corrected chi connectivity index (χ2v) is 6.73. The molecule has 0 spiro atoms. The third-order valence-corrected chi connectivity index (χ3v) is 4.28. The van der Waals surface area contributed by atoms with E-state index in [4.69, 9.17) is 5.14 Å². The molecule has 1 unspecified atom stereocenters. The molecule has 0 aromatic heterocycles. The quantitative estimate of drug-likeness (QED) is 0.770. The molecule has 1 saturated heterocycles. The number of rotatable bonds is 5. The van der Waals surface area contributed by atoms with Crippen LogP contribution < -0.4 is 15.2 Å². The van der Waals surface area contributed by atoms with Crippen LogP contribution in [0.5, 0.6) is 0 Å². The van der Waals surface area contributed by atoms with E-state index >= 15 is 0 Å². The van der Waals surface area contributed by atoms with Crippen LogP contribution in [0.4, 0.5) is 11.4 Å². The Labute approximate surface area is 126 Å². The minimum atomic E-state index is -3.73. The Morgan fingerprint density at radius 1 is 1.29 bits per heavy atom. The van der Waals surface area contributed by atoms with Gasteiger partial charge in [-0.2, -0.15) is 8.42 Å². The van der Waals surface area contributed by atoms with Crippen LogP contribution in [-0.2, 0) is 10.2 Å². The third-order valence-electron chi connectivity index (χ3n) is 3.76. The van der Waals surface area contributed by atoms with E-state index in [0.29, 0.717) is 11.7 Å². The Bertz CT molecular complexity index is 562. The Morgan fingerprint density at radius 3 is 2.76 bits per heavy atom. The van der Waals surface area contributed by atoms with Crippen LogP contribution in [0.15, 0.2) is 24.3 Å². The average molecular weight is 312 g/mol. The van der Waals surface area contributed by atoms with Gasteiger partial charge < -0.3 is 10.2 Å². The van der Waals surface area contributed by atoms with Gasteiger partial charge in [-0.1, -0.05) is 13.0 Å². The molecule has 0 amide bonds. The summed E-state index contributed by atoms with van der Waals surface area (Å²) in [5.74, 6) is 0. The van der Waals surface area contributed by atoms with E-state index in [0.717, 1.165) is 38.2 Å². The van der Waals surface area contributed by atoms with Crippen molar-refractivity contribution in [3.05, 3.63) is 24.3 Å². The van der Waals surface area contributed by atoms with Gasteiger partial charge in [-0.3, -0.25) is 4.72 Å². The van der Waals surface area contributed by atoms with Crippen LogP contribution in [0.2, 0.25) is 0 Å². The van der Waals surface area contributed by atoms with Crippen molar-refractivity contribution >= 4 is 21.6 Å². The van der Waals surface area contributed by atoms with E-state index in [-0.39, 0.29) is 0 Å². The molecule has 1 atom stereocenters. The van der Waals surface area contributed by atoms with E-state index in [2.05, 4.69) is 21.9 Å². The first kappa shape index (κ1) is 16.1. The van der Waals surface area contributed by atoms with Gasteiger partial charge in [0.2, 0.25) is 0 Å². The monoisotopic (exact) mass is 312 g/mol. The molecule has 1 aliphatic rings. The van der Waals surface area contributed by atoms with Gasteiger partial charge in [-0.25, -0.2) is 5.14 Å². The molecule has 7 heteroatoms. The Balaban J connectivity index is 1.98. The first-order valence-corrected chi connectivity index (χ1v) is 8.90. The van der Waals surface area contributed by atoms with Gasteiger partial charge >= 0.3 is 0 Å². The number of benzene rings is 1. The smallest absolute Gasteiger partial charge is 0.296 e. The van der Waals surface area contributed by atoms with Gasteiger partial charge in [-0.05, 0) is 50.6 Å². The summed E-state index contributed by atoms with van der Waals surface area (Å²) in [5, 5.41) is 8.48. The van der Waals surface area contributed by atoms with Crippen molar-refractivity contribution in [2.75, 3.05) is 29.7 Å². The highest BCUT2D eigenvalue weighted by Gasteiger charge is 2.15. The molecule has 21 heavy (non-hydrogen) atoms. The molecule has 0 aliphatic carbocycles. The maximum atomic E-state index is 11.1. The van der Waals surface area contributed by atoms with E-state index < -0.39 is 10.2 Å². The second-order valence-electron chi connectivity index (χ2n) is 5.43. The lowest BCUT2D eigenvalue weighted by Gasteiger charge is -2.19. The zero-order valence-electron chi connectivity index (χ0n) is 12.4. The van der Waals surface area contributed by atoms with Crippen LogP contribution in [-0.4, -0.2) is 39.0 Å². The summed E-state index contributed by atoms with van der Waals surface area (Å²) < 4.78 is 24.4. The van der Waals surface area contributed by atoms with E-state index in [1.807, 2.05) is 12.1 Å². The van der Waals surface area contributed by atoms with Crippen LogP contribution in [0.1, 0.15) is 26.2 Å². The standard InChI is InChI=1S/C14H24N4O2S/c1-2-18-9-4-7-12(8-10-18)16-13-5-3-6-14(11-13)17-21(15,19)20/h3,5-6,11-12,16-17H,2,4,7-10H2,1H3,(H2,15,19,20). The van der Waals surface area contributed by atoms with Crippen molar-refractivity contribution in [1.82, 2.24) is 4.90 Å². The maximum Gasteiger partial charge on any atom is 0.296 e. The Hall–Kier alpha value is -1.31. The number of anilines is 2. The fraction of sp³-hybridized carbons (Fsp3) is 0.571. The summed E-state index contributed by atoms with van der Waals surface area (Å²) in [4.78, 5) is 2.46. The molecule has 0 radical (unpaired) electrons. The highest BCUT2D eigenvalue weighted by molar-refractivity contribution is 7.90. The fourth-order valence-electron chi connectivity index (χ4n) is 2.69. The lowest BCUT2D eigenvalue weighted by atomic mass is 10.1. The first-order chi connectivity index (χ1) is 9.96. The molecule has 4 N–H and O–H groups in total. The first-order valence-electron chi connectivity index (χ1n) is 7.36. The van der Waals surface area contributed by atoms with Gasteiger partial charge in [0.25, 0.3) is 10.2 Å². The van der Waals surface area contributed by atoms with Crippen LogP contribution in [0.25, 0.3) is 0 Å². The predicted octanol–water partition coefficient (Wildman–Crippen LogP) is 1.59. The summed E-state index contributed by atoms with van der Waals surface area (Å²) in [7, 11) is -3.73. The van der Waals surface area contributed by atoms with Crippen molar-refractivity contribution in [3.63, 3.8) is 0 Å². The number of nitrogens with two attached hydrogens (primary N) is 1. The molecule has 6 nitrogen and oxygen atoms in total. The normalized spacial score (nSPS) is 20.8. The average Bonchev–Trinajstić information content (AvgIpc) is 2.62. The SMILES string of the molecule is CCN1CCCC(Nc2cccc(NS(N)(=O)=O)c2)CC1. The Kier molecular flexibility index (Phi) is 5.44. The molecule has 2 rings (SSSR count). The largest absolute Gasteiger partial charge is 0.382 e. The van der Waals surface area contributed by atoms with Crippen molar-refractivity contribution in [2.24, 2.45) is 5.14 Å². The molecule has 0 saturated carbocycles. The highest BCUT2D eigenvalue weighted by Crippen LogP contribution is 2.20. The topological polar surface area (TPSA) is 87.5 Å². The number of nitrogens with zero attached hydrogens (tertiary/aromatic N) is 1. The summed E-state index contributed by atoms with van der Waals surface area (Å²) in [6, 6.07) is 7.63. The molecule has 1 aromatic rings. The van der Waals surface area contributed by atoms with Gasteiger partial charge in [0, 0.05) is 18.3 Å². The molecule has 1 fully saturated rings.